The molecular formula is C11H15N3O2. The second-order valence-electron chi connectivity index (χ2n) is 3.56. The maximum Gasteiger partial charge on any atom is 0.240 e. The number of nitrogens with one attached hydrogen (secondary N) is 1. The number of hydrogen-bond donors (Lipinski definition) is 1. The molecule has 0 atom stereocenters. The molecule has 0 aliphatic rings. The van der Waals surface area contributed by atoms with Crippen molar-refractivity contribution in [2.45, 2.75) is 33.4 Å². The molecule has 1 N–H and O–H groups in total. The average Bonchev–Trinajstić information content (AvgIpc) is 2.88. The lowest BCUT2D eigenvalue weighted by molar-refractivity contribution is 0.359. The predicted molar refractivity (Wildman–Crippen MR) is 57.7 cm³/mol. The first kappa shape index (κ1) is 10.9. The molecule has 0 bridgehead atoms. The van der Waals surface area contributed by atoms with Crippen molar-refractivity contribution in [3.05, 3.63) is 35.4 Å². The van der Waals surface area contributed by atoms with Crippen LogP contribution in [0.15, 0.2) is 21.1 Å². The molecule has 0 amide bonds. The SMILES string of the molecule is CCc1ccc(CNCc2nc(C)no2)o1. The van der Waals surface area contributed by atoms with Crippen molar-refractivity contribution >= 4 is 0 Å². The molecule has 0 saturated carbocycles. The van der Waals surface area contributed by atoms with E-state index in [9.17, 15) is 0 Å². The fourth-order valence-electron chi connectivity index (χ4n) is 1.41. The van der Waals surface area contributed by atoms with Gasteiger partial charge in [0, 0.05) is 6.42 Å². The lowest BCUT2D eigenvalue weighted by atomic mass is 10.3. The van der Waals surface area contributed by atoms with Gasteiger partial charge in [0.05, 0.1) is 13.1 Å². The van der Waals surface area contributed by atoms with Crippen LogP contribution in [0.1, 0.15) is 30.2 Å². The summed E-state index contributed by atoms with van der Waals surface area (Å²) in [5.41, 5.74) is 0. The van der Waals surface area contributed by atoms with E-state index < -0.39 is 0 Å². The molecule has 0 fully saturated rings. The lowest BCUT2D eigenvalue weighted by Gasteiger charge is -1.97. The third-order valence-electron chi connectivity index (χ3n) is 2.21. The minimum atomic E-state index is 0.559. The van der Waals surface area contributed by atoms with Gasteiger partial charge in [0.2, 0.25) is 5.89 Å². The summed E-state index contributed by atoms with van der Waals surface area (Å²) in [6.45, 7) is 5.09. The third-order valence-corrected chi connectivity index (χ3v) is 2.21. The van der Waals surface area contributed by atoms with Crippen molar-refractivity contribution in [2.75, 3.05) is 0 Å². The summed E-state index contributed by atoms with van der Waals surface area (Å²) in [7, 11) is 0. The summed E-state index contributed by atoms with van der Waals surface area (Å²) < 4.78 is 10.5. The van der Waals surface area contributed by atoms with Gasteiger partial charge in [-0.25, -0.2) is 0 Å². The van der Waals surface area contributed by atoms with Crippen molar-refractivity contribution in [2.24, 2.45) is 0 Å². The standard InChI is InChI=1S/C11H15N3O2/c1-3-9-4-5-10(15-9)6-12-7-11-13-8(2)14-16-11/h4-5,12H,3,6-7H2,1-2H3. The molecule has 2 aromatic heterocycles. The Kier molecular flexibility index (Phi) is 3.36. The second kappa shape index (κ2) is 4.94. The van der Waals surface area contributed by atoms with Crippen LogP contribution in [0.2, 0.25) is 0 Å². The molecule has 0 spiro atoms. The van der Waals surface area contributed by atoms with E-state index in [0.29, 0.717) is 24.8 Å². The number of nitrogens with zero attached hydrogens (tertiary/aromatic N) is 2. The van der Waals surface area contributed by atoms with E-state index in [-0.39, 0.29) is 0 Å². The van der Waals surface area contributed by atoms with Gasteiger partial charge in [-0.2, -0.15) is 4.98 Å². The van der Waals surface area contributed by atoms with E-state index >= 15 is 0 Å². The van der Waals surface area contributed by atoms with Crippen molar-refractivity contribution in [1.29, 1.82) is 0 Å². The highest BCUT2D eigenvalue weighted by molar-refractivity contribution is 5.06. The zero-order valence-corrected chi connectivity index (χ0v) is 9.49. The molecule has 0 aliphatic carbocycles. The predicted octanol–water partition coefficient (Wildman–Crippen LogP) is 1.82. The minimum Gasteiger partial charge on any atom is -0.465 e. The molecule has 0 unspecified atom stereocenters. The first-order valence-corrected chi connectivity index (χ1v) is 5.35. The fraction of sp³-hybridized carbons (Fsp3) is 0.455. The smallest absolute Gasteiger partial charge is 0.240 e. The maximum absolute atomic E-state index is 5.55. The van der Waals surface area contributed by atoms with Gasteiger partial charge in [-0.05, 0) is 19.1 Å². The Balaban J connectivity index is 1.79. The first-order valence-electron chi connectivity index (χ1n) is 5.35. The van der Waals surface area contributed by atoms with Crippen LogP contribution in [0.5, 0.6) is 0 Å². The average molecular weight is 221 g/mol. The van der Waals surface area contributed by atoms with Gasteiger partial charge < -0.3 is 14.3 Å². The molecule has 0 radical (unpaired) electrons. The normalized spacial score (nSPS) is 10.9. The summed E-state index contributed by atoms with van der Waals surface area (Å²) >= 11 is 0. The van der Waals surface area contributed by atoms with Crippen LogP contribution < -0.4 is 5.32 Å². The van der Waals surface area contributed by atoms with E-state index in [1.165, 1.54) is 0 Å². The Bertz CT molecular complexity index is 448. The first-order chi connectivity index (χ1) is 7.78. The second-order valence-corrected chi connectivity index (χ2v) is 3.56. The van der Waals surface area contributed by atoms with Crippen LogP contribution >= 0.6 is 0 Å². The van der Waals surface area contributed by atoms with E-state index in [0.717, 1.165) is 17.9 Å². The van der Waals surface area contributed by atoms with Crippen molar-refractivity contribution in [3.8, 4) is 0 Å². The number of hydrogen-bond acceptors (Lipinski definition) is 5. The van der Waals surface area contributed by atoms with Crippen LogP contribution in [-0.2, 0) is 19.5 Å². The van der Waals surface area contributed by atoms with E-state index in [2.05, 4.69) is 22.4 Å². The lowest BCUT2D eigenvalue weighted by Crippen LogP contribution is -2.12. The molecule has 0 saturated heterocycles. The van der Waals surface area contributed by atoms with Gasteiger partial charge in [0.15, 0.2) is 5.82 Å². The topological polar surface area (TPSA) is 64.1 Å². The number of aryl methyl sites for hydroxylation is 2. The number of rotatable bonds is 5. The quantitative estimate of drug-likeness (QED) is 0.834. The van der Waals surface area contributed by atoms with Crippen molar-refractivity contribution in [3.63, 3.8) is 0 Å². The zero-order valence-electron chi connectivity index (χ0n) is 9.49. The molecule has 2 heterocycles. The molecule has 0 aliphatic heterocycles. The molecule has 5 nitrogen and oxygen atoms in total. The highest BCUT2D eigenvalue weighted by atomic mass is 16.5. The third kappa shape index (κ3) is 2.70. The van der Waals surface area contributed by atoms with Crippen LogP contribution in [0.25, 0.3) is 0 Å². The fourth-order valence-corrected chi connectivity index (χ4v) is 1.41. The summed E-state index contributed by atoms with van der Waals surface area (Å²) in [5.74, 6) is 3.18. The van der Waals surface area contributed by atoms with Gasteiger partial charge in [0.25, 0.3) is 0 Å². The molecule has 5 heteroatoms. The van der Waals surface area contributed by atoms with Gasteiger partial charge in [0.1, 0.15) is 11.5 Å². The molecule has 0 aromatic carbocycles. The van der Waals surface area contributed by atoms with Crippen LogP contribution in [-0.4, -0.2) is 10.1 Å². The maximum atomic E-state index is 5.55. The van der Waals surface area contributed by atoms with Crippen molar-refractivity contribution in [1.82, 2.24) is 15.5 Å². The van der Waals surface area contributed by atoms with Crippen molar-refractivity contribution < 1.29 is 8.94 Å². The summed E-state index contributed by atoms with van der Waals surface area (Å²) in [4.78, 5) is 4.09. The number of aromatic nitrogens is 2. The largest absolute Gasteiger partial charge is 0.465 e. The number of furan rings is 1. The van der Waals surface area contributed by atoms with Crippen LogP contribution in [0.3, 0.4) is 0 Å². The van der Waals surface area contributed by atoms with E-state index in [4.69, 9.17) is 8.94 Å². The van der Waals surface area contributed by atoms with Gasteiger partial charge in [-0.1, -0.05) is 12.1 Å². The summed E-state index contributed by atoms with van der Waals surface area (Å²) in [6, 6.07) is 3.97. The zero-order chi connectivity index (χ0) is 11.4. The van der Waals surface area contributed by atoms with Gasteiger partial charge >= 0.3 is 0 Å². The monoisotopic (exact) mass is 221 g/mol. The van der Waals surface area contributed by atoms with Crippen LogP contribution in [0, 0.1) is 6.92 Å². The molecule has 2 aromatic rings. The molecular weight excluding hydrogens is 206 g/mol. The highest BCUT2D eigenvalue weighted by Gasteiger charge is 2.03. The van der Waals surface area contributed by atoms with Crippen LogP contribution in [0.4, 0.5) is 0 Å². The van der Waals surface area contributed by atoms with E-state index in [1.807, 2.05) is 12.1 Å². The summed E-state index contributed by atoms with van der Waals surface area (Å²) in [5, 5.41) is 6.89. The highest BCUT2D eigenvalue weighted by Crippen LogP contribution is 2.08. The van der Waals surface area contributed by atoms with E-state index in [1.54, 1.807) is 6.92 Å². The van der Waals surface area contributed by atoms with Gasteiger partial charge in [-0.15, -0.1) is 0 Å². The minimum absolute atomic E-state index is 0.559. The Morgan fingerprint density at radius 3 is 2.69 bits per heavy atom. The Labute approximate surface area is 93.8 Å². The molecule has 86 valence electrons. The van der Waals surface area contributed by atoms with Gasteiger partial charge in [-0.3, -0.25) is 0 Å². The molecule has 2 rings (SSSR count). The molecule has 16 heavy (non-hydrogen) atoms. The Morgan fingerprint density at radius 2 is 2.06 bits per heavy atom. The Morgan fingerprint density at radius 1 is 1.25 bits per heavy atom. The summed E-state index contributed by atoms with van der Waals surface area (Å²) in [6.07, 6.45) is 0.919. The Hall–Kier alpha value is -1.62.